The number of nitrogens with zero attached hydrogens (tertiary/aromatic N) is 3. The lowest BCUT2D eigenvalue weighted by atomic mass is 9.93. The first-order chi connectivity index (χ1) is 22.6. The minimum Gasteiger partial charge on any atom is -0.357 e. The van der Waals surface area contributed by atoms with Crippen molar-refractivity contribution in [2.24, 2.45) is 23.7 Å². The zero-order chi connectivity index (χ0) is 34.8. The maximum Gasteiger partial charge on any atom is 0.129 e. The molecular weight excluding hydrogens is 571 g/mol. The summed E-state index contributed by atoms with van der Waals surface area (Å²) in [6, 6.07) is 8.91. The predicted molar refractivity (Wildman–Crippen MR) is 211 cm³/mol. The molecule has 1 aromatic carbocycles. The average Bonchev–Trinajstić information content (AvgIpc) is 3.07. The molecule has 3 rings (SSSR count). The molecule has 2 heterocycles. The molecule has 1 saturated heterocycles. The second kappa shape index (κ2) is 22.1. The van der Waals surface area contributed by atoms with Gasteiger partial charge in [0.25, 0.3) is 0 Å². The van der Waals surface area contributed by atoms with E-state index in [1.54, 1.807) is 0 Å². The van der Waals surface area contributed by atoms with Gasteiger partial charge in [-0.3, -0.25) is 0 Å². The summed E-state index contributed by atoms with van der Waals surface area (Å²) in [7, 11) is 0. The van der Waals surface area contributed by atoms with Crippen LogP contribution in [0.2, 0.25) is 0 Å². The number of aromatic nitrogens is 1. The summed E-state index contributed by atoms with van der Waals surface area (Å²) in [5.41, 5.74) is 5.22. The molecule has 0 aliphatic carbocycles. The van der Waals surface area contributed by atoms with Gasteiger partial charge in [-0.15, -0.1) is 0 Å². The van der Waals surface area contributed by atoms with E-state index < -0.39 is 0 Å². The Morgan fingerprint density at radius 1 is 1.02 bits per heavy atom. The van der Waals surface area contributed by atoms with Crippen molar-refractivity contribution in [1.29, 1.82) is 0 Å². The molecule has 1 aromatic heterocycles. The van der Waals surface area contributed by atoms with Gasteiger partial charge in [0.15, 0.2) is 0 Å². The van der Waals surface area contributed by atoms with Gasteiger partial charge in [-0.2, -0.15) is 0 Å². The van der Waals surface area contributed by atoms with Gasteiger partial charge in [0.05, 0.1) is 0 Å². The molecule has 2 unspecified atom stereocenters. The Labute approximate surface area is 291 Å². The highest BCUT2D eigenvalue weighted by atomic mass is 15.2. The lowest BCUT2D eigenvalue weighted by molar-refractivity contribution is 0.228. The molecule has 3 nitrogen and oxygen atoms in total. The Bertz CT molecular complexity index is 1330. The summed E-state index contributed by atoms with van der Waals surface area (Å²) in [5, 5.41) is 2.74. The van der Waals surface area contributed by atoms with Crippen molar-refractivity contribution >= 4 is 24.0 Å². The van der Waals surface area contributed by atoms with Crippen molar-refractivity contribution in [3.05, 3.63) is 75.8 Å². The topological polar surface area (TPSA) is 19.4 Å². The van der Waals surface area contributed by atoms with Crippen LogP contribution in [0.1, 0.15) is 124 Å². The molecular formula is C44H71N3. The van der Waals surface area contributed by atoms with E-state index in [4.69, 9.17) is 4.98 Å². The third-order valence-electron chi connectivity index (χ3n) is 10.1. The highest BCUT2D eigenvalue weighted by Crippen LogP contribution is 2.26. The van der Waals surface area contributed by atoms with Crippen LogP contribution in [-0.4, -0.2) is 42.6 Å². The molecule has 1 aliphatic heterocycles. The van der Waals surface area contributed by atoms with Crippen LogP contribution in [0.3, 0.4) is 0 Å². The van der Waals surface area contributed by atoms with Crippen molar-refractivity contribution < 1.29 is 0 Å². The number of benzene rings is 1. The van der Waals surface area contributed by atoms with Gasteiger partial charge in [-0.05, 0) is 135 Å². The molecule has 3 heteroatoms. The Morgan fingerprint density at radius 2 is 1.74 bits per heavy atom. The van der Waals surface area contributed by atoms with Crippen molar-refractivity contribution in [2.45, 2.75) is 121 Å². The first kappa shape index (κ1) is 40.5. The minimum absolute atomic E-state index is 0.552. The van der Waals surface area contributed by atoms with E-state index >= 15 is 0 Å². The Hall–Kier alpha value is -2.65. The average molecular weight is 642 g/mol. The standard InChI is InChI=1S/C24H41N3.C20H30/c1-6-8-23-18-24(25-19-21(23)5)27-16-11-22(12-17-27)10-15-26(13-7-2)14-9-20(3)4;1-7-15(4)13-19-12-10-11-18(9-3)20(19)14-17(6)16(5)8-2/h6,8,18-20,22H,7,9-17H2,1-5H3;10-16H,6-9H2,1-5H3/b8-6-;19-13-,20-14-. The number of hydrogen-bond donors (Lipinski definition) is 0. The van der Waals surface area contributed by atoms with Gasteiger partial charge in [0.1, 0.15) is 5.82 Å². The number of hydrogen-bond acceptors (Lipinski definition) is 3. The fraction of sp³-hybridized carbons (Fsp3) is 0.614. The third-order valence-corrected chi connectivity index (χ3v) is 10.1. The molecule has 0 radical (unpaired) electrons. The van der Waals surface area contributed by atoms with Crippen LogP contribution in [0.25, 0.3) is 18.2 Å². The molecule has 47 heavy (non-hydrogen) atoms. The number of anilines is 1. The minimum atomic E-state index is 0.552. The molecule has 2 atom stereocenters. The smallest absolute Gasteiger partial charge is 0.129 e. The molecule has 0 bridgehead atoms. The van der Waals surface area contributed by atoms with Crippen LogP contribution in [0.4, 0.5) is 5.82 Å². The second-order valence-electron chi connectivity index (χ2n) is 14.5. The monoisotopic (exact) mass is 642 g/mol. The summed E-state index contributed by atoms with van der Waals surface area (Å²) in [6.45, 7) is 32.8. The first-order valence-corrected chi connectivity index (χ1v) is 19.1. The predicted octanol–water partition coefficient (Wildman–Crippen LogP) is 10.2. The zero-order valence-electron chi connectivity index (χ0n) is 32.2. The number of piperidine rings is 1. The van der Waals surface area contributed by atoms with Gasteiger partial charge in [-0.25, -0.2) is 4.98 Å². The molecule has 1 aliphatic rings. The van der Waals surface area contributed by atoms with Crippen molar-refractivity contribution in [1.82, 2.24) is 9.88 Å². The number of pyridine rings is 1. The van der Waals surface area contributed by atoms with Crippen LogP contribution in [0.15, 0.2) is 48.7 Å². The molecule has 0 amide bonds. The maximum absolute atomic E-state index is 4.69. The van der Waals surface area contributed by atoms with E-state index in [0.717, 1.165) is 43.6 Å². The Morgan fingerprint density at radius 3 is 2.34 bits per heavy atom. The summed E-state index contributed by atoms with van der Waals surface area (Å²) in [4.78, 5) is 9.86. The van der Waals surface area contributed by atoms with Crippen LogP contribution < -0.4 is 15.3 Å². The second-order valence-corrected chi connectivity index (χ2v) is 14.5. The number of aryl methyl sites for hydroxylation is 2. The molecule has 2 aromatic rings. The number of allylic oxidation sites excluding steroid dienone is 2. The van der Waals surface area contributed by atoms with Crippen LogP contribution in [0.5, 0.6) is 0 Å². The Balaban J connectivity index is 0.000000343. The lowest BCUT2D eigenvalue weighted by Gasteiger charge is -2.34. The fourth-order valence-corrected chi connectivity index (χ4v) is 6.24. The molecule has 0 N–H and O–H groups in total. The molecule has 0 saturated carbocycles. The van der Waals surface area contributed by atoms with Crippen molar-refractivity contribution in [3.8, 4) is 0 Å². The molecule has 1 fully saturated rings. The van der Waals surface area contributed by atoms with E-state index in [2.05, 4.69) is 134 Å². The SMILES string of the molecule is C/C=C\c1cc(N2CCC(CCN(CCC)CCC(C)C)CC2)ncc1C.C=C(/C=c1/c(CC)ccc/c1=C/C(C)CC)C(C)CC. The molecule has 262 valence electrons. The fourth-order valence-electron chi connectivity index (χ4n) is 6.24. The first-order valence-electron chi connectivity index (χ1n) is 19.1. The van der Waals surface area contributed by atoms with Crippen LogP contribution >= 0.6 is 0 Å². The number of rotatable bonds is 16. The van der Waals surface area contributed by atoms with E-state index in [-0.39, 0.29) is 0 Å². The van der Waals surface area contributed by atoms with E-state index in [9.17, 15) is 0 Å². The van der Waals surface area contributed by atoms with Gasteiger partial charge >= 0.3 is 0 Å². The van der Waals surface area contributed by atoms with Gasteiger partial charge in [-0.1, -0.05) is 116 Å². The van der Waals surface area contributed by atoms with Crippen LogP contribution in [0, 0.1) is 30.6 Å². The summed E-state index contributed by atoms with van der Waals surface area (Å²) in [5.74, 6) is 4.00. The highest BCUT2D eigenvalue weighted by Gasteiger charge is 2.21. The summed E-state index contributed by atoms with van der Waals surface area (Å²) in [6.07, 6.45) is 21.0. The van der Waals surface area contributed by atoms with Crippen LogP contribution in [-0.2, 0) is 6.42 Å². The van der Waals surface area contributed by atoms with Crippen molar-refractivity contribution in [3.63, 3.8) is 0 Å². The van der Waals surface area contributed by atoms with Crippen molar-refractivity contribution in [2.75, 3.05) is 37.6 Å². The largest absolute Gasteiger partial charge is 0.357 e. The van der Waals surface area contributed by atoms with Gasteiger partial charge in [0, 0.05) is 19.3 Å². The van der Waals surface area contributed by atoms with E-state index in [1.165, 1.54) is 90.9 Å². The van der Waals surface area contributed by atoms with E-state index in [0.29, 0.717) is 11.8 Å². The quantitative estimate of drug-likeness (QED) is 0.182. The summed E-state index contributed by atoms with van der Waals surface area (Å²) >= 11 is 0. The molecule has 0 spiro atoms. The van der Waals surface area contributed by atoms with Gasteiger partial charge in [0.2, 0.25) is 0 Å². The summed E-state index contributed by atoms with van der Waals surface area (Å²) < 4.78 is 0. The third kappa shape index (κ3) is 14.2. The van der Waals surface area contributed by atoms with E-state index in [1.807, 2.05) is 6.20 Å². The lowest BCUT2D eigenvalue weighted by Crippen LogP contribution is -2.36. The van der Waals surface area contributed by atoms with Gasteiger partial charge < -0.3 is 9.80 Å². The normalized spacial score (nSPS) is 16.2. The Kier molecular flexibility index (Phi) is 19.0. The highest BCUT2D eigenvalue weighted by molar-refractivity contribution is 5.58. The zero-order valence-corrected chi connectivity index (χ0v) is 32.2. The maximum atomic E-state index is 4.69.